The van der Waals surface area contributed by atoms with Crippen LogP contribution in [0.15, 0.2) is 100 Å². The average molecular weight is 414 g/mol. The number of amides is 1. The number of rotatable bonds is 7. The van der Waals surface area contributed by atoms with Gasteiger partial charge in [-0.2, -0.15) is 5.26 Å². The summed E-state index contributed by atoms with van der Waals surface area (Å²) < 4.78 is 0. The Morgan fingerprint density at radius 3 is 2.30 bits per heavy atom. The molecule has 0 heterocycles. The fraction of sp³-hybridized carbons (Fsp3) is 0.120. The van der Waals surface area contributed by atoms with Crippen molar-refractivity contribution < 1.29 is 4.79 Å². The second-order valence-corrected chi connectivity index (χ2v) is 8.07. The molecule has 1 amide bonds. The van der Waals surface area contributed by atoms with E-state index in [4.69, 9.17) is 0 Å². The van der Waals surface area contributed by atoms with Crippen molar-refractivity contribution in [3.8, 4) is 6.07 Å². The Bertz CT molecular complexity index is 1070. The van der Waals surface area contributed by atoms with Crippen molar-refractivity contribution in [3.05, 3.63) is 96.2 Å². The van der Waals surface area contributed by atoms with Gasteiger partial charge in [-0.1, -0.05) is 68.1 Å². The van der Waals surface area contributed by atoms with Crippen molar-refractivity contribution in [3.63, 3.8) is 0 Å². The Kier molecular flexibility index (Phi) is 7.31. The van der Waals surface area contributed by atoms with Crippen LogP contribution in [0.1, 0.15) is 25.3 Å². The third kappa shape index (κ3) is 5.76. The number of nitriles is 1. The van der Waals surface area contributed by atoms with Crippen LogP contribution in [-0.2, 0) is 4.79 Å². The molecule has 0 aliphatic rings. The van der Waals surface area contributed by atoms with E-state index >= 15 is 0 Å². The summed E-state index contributed by atoms with van der Waals surface area (Å²) in [6, 6.07) is 27.4. The summed E-state index contributed by atoms with van der Waals surface area (Å²) in [6.45, 7) is 4.23. The van der Waals surface area contributed by atoms with Gasteiger partial charge in [-0.05, 0) is 47.9 Å². The van der Waals surface area contributed by atoms with Gasteiger partial charge in [0.1, 0.15) is 11.6 Å². The maximum atomic E-state index is 12.5. The summed E-state index contributed by atoms with van der Waals surface area (Å²) in [6.07, 6.45) is 1.45. The van der Waals surface area contributed by atoms with Gasteiger partial charge in [0.25, 0.3) is 5.91 Å². The Balaban J connectivity index is 1.71. The third-order valence-electron chi connectivity index (χ3n) is 4.43. The molecule has 30 heavy (non-hydrogen) atoms. The number of hydrogen-bond donors (Lipinski definition) is 2. The molecule has 3 aromatic rings. The number of anilines is 2. The van der Waals surface area contributed by atoms with E-state index in [1.807, 2.05) is 84.9 Å². The predicted molar refractivity (Wildman–Crippen MR) is 123 cm³/mol. The minimum absolute atomic E-state index is 0.00227. The molecule has 150 valence electrons. The molecule has 0 aliphatic heterocycles. The predicted octanol–water partition coefficient (Wildman–Crippen LogP) is 6.42. The van der Waals surface area contributed by atoms with E-state index < -0.39 is 5.91 Å². The van der Waals surface area contributed by atoms with Crippen LogP contribution < -0.4 is 10.6 Å². The van der Waals surface area contributed by atoms with E-state index in [1.54, 1.807) is 11.8 Å². The lowest BCUT2D eigenvalue weighted by atomic mass is 10.0. The van der Waals surface area contributed by atoms with Crippen molar-refractivity contribution in [1.82, 2.24) is 0 Å². The largest absolute Gasteiger partial charge is 0.359 e. The molecule has 0 atom stereocenters. The molecule has 4 nitrogen and oxygen atoms in total. The van der Waals surface area contributed by atoms with Gasteiger partial charge in [0.05, 0.1) is 5.69 Å². The van der Waals surface area contributed by atoms with E-state index in [0.717, 1.165) is 15.5 Å². The molecule has 0 unspecified atom stereocenters. The highest BCUT2D eigenvalue weighted by atomic mass is 32.2. The minimum atomic E-state index is -0.449. The van der Waals surface area contributed by atoms with Gasteiger partial charge in [0.15, 0.2) is 0 Å². The van der Waals surface area contributed by atoms with Gasteiger partial charge >= 0.3 is 0 Å². The fourth-order valence-corrected chi connectivity index (χ4v) is 3.67. The van der Waals surface area contributed by atoms with E-state index in [2.05, 4.69) is 24.5 Å². The second kappa shape index (κ2) is 10.3. The number of nitrogens with one attached hydrogen (secondary N) is 2. The van der Waals surface area contributed by atoms with Crippen LogP contribution >= 0.6 is 11.8 Å². The zero-order valence-corrected chi connectivity index (χ0v) is 17.7. The standard InChI is InChI=1S/C25H23N3OS/c1-18(2)19-12-14-21(15-13-19)28-25(29)20(16-26)17-27-23-10-6-7-11-24(23)30-22-8-4-3-5-9-22/h3-15,17-18,27H,1-2H3,(H,28,29)/b20-17-. The molecule has 0 fully saturated rings. The fourth-order valence-electron chi connectivity index (χ4n) is 2.74. The lowest BCUT2D eigenvalue weighted by Crippen LogP contribution is -2.14. The summed E-state index contributed by atoms with van der Waals surface area (Å²) in [4.78, 5) is 14.6. The van der Waals surface area contributed by atoms with Crippen molar-refractivity contribution in [2.75, 3.05) is 10.6 Å². The zero-order chi connectivity index (χ0) is 21.3. The molecule has 0 saturated heterocycles. The summed E-state index contributed by atoms with van der Waals surface area (Å²) in [5.74, 6) is -0.0298. The first-order valence-corrected chi connectivity index (χ1v) is 10.5. The van der Waals surface area contributed by atoms with Crippen molar-refractivity contribution in [2.24, 2.45) is 0 Å². The molecule has 3 aromatic carbocycles. The summed E-state index contributed by atoms with van der Waals surface area (Å²) >= 11 is 1.61. The molecule has 0 aliphatic carbocycles. The lowest BCUT2D eigenvalue weighted by Gasteiger charge is -2.10. The molecule has 3 rings (SSSR count). The Labute approximate surface area is 181 Å². The number of carbonyl (C=O) groups is 1. The molecular formula is C25H23N3OS. The number of hydrogen-bond acceptors (Lipinski definition) is 4. The first kappa shape index (κ1) is 21.2. The van der Waals surface area contributed by atoms with Gasteiger partial charge < -0.3 is 10.6 Å². The Morgan fingerprint density at radius 1 is 0.967 bits per heavy atom. The van der Waals surface area contributed by atoms with Gasteiger partial charge in [0.2, 0.25) is 0 Å². The van der Waals surface area contributed by atoms with Gasteiger partial charge in [0, 0.05) is 21.7 Å². The monoisotopic (exact) mass is 413 g/mol. The molecule has 0 spiro atoms. The van der Waals surface area contributed by atoms with E-state index in [1.165, 1.54) is 11.8 Å². The quantitative estimate of drug-likeness (QED) is 0.346. The molecule has 5 heteroatoms. The highest BCUT2D eigenvalue weighted by molar-refractivity contribution is 7.99. The van der Waals surface area contributed by atoms with Crippen LogP contribution in [0.4, 0.5) is 11.4 Å². The van der Waals surface area contributed by atoms with Crippen LogP contribution in [0, 0.1) is 11.3 Å². The summed E-state index contributed by atoms with van der Waals surface area (Å²) in [7, 11) is 0. The molecule has 2 N–H and O–H groups in total. The average Bonchev–Trinajstić information content (AvgIpc) is 2.76. The van der Waals surface area contributed by atoms with E-state index in [0.29, 0.717) is 11.6 Å². The van der Waals surface area contributed by atoms with Crippen LogP contribution in [0.5, 0.6) is 0 Å². The van der Waals surface area contributed by atoms with Gasteiger partial charge in [-0.3, -0.25) is 4.79 Å². The molecule has 0 saturated carbocycles. The van der Waals surface area contributed by atoms with Crippen molar-refractivity contribution in [1.29, 1.82) is 5.26 Å². The third-order valence-corrected chi connectivity index (χ3v) is 5.51. The summed E-state index contributed by atoms with van der Waals surface area (Å²) in [5, 5.41) is 15.3. The van der Waals surface area contributed by atoms with Crippen molar-refractivity contribution in [2.45, 2.75) is 29.6 Å². The van der Waals surface area contributed by atoms with Crippen LogP contribution in [0.25, 0.3) is 0 Å². The molecular weight excluding hydrogens is 390 g/mol. The number of para-hydroxylation sites is 1. The highest BCUT2D eigenvalue weighted by Crippen LogP contribution is 2.33. The van der Waals surface area contributed by atoms with E-state index in [-0.39, 0.29) is 5.57 Å². The van der Waals surface area contributed by atoms with Crippen LogP contribution in [-0.4, -0.2) is 5.91 Å². The maximum absolute atomic E-state index is 12.5. The van der Waals surface area contributed by atoms with Gasteiger partial charge in [-0.25, -0.2) is 0 Å². The number of nitrogens with zero attached hydrogens (tertiary/aromatic N) is 1. The molecule has 0 radical (unpaired) electrons. The van der Waals surface area contributed by atoms with E-state index in [9.17, 15) is 10.1 Å². The Hall–Kier alpha value is -3.49. The smallest absolute Gasteiger partial charge is 0.267 e. The number of carbonyl (C=O) groups excluding carboxylic acids is 1. The lowest BCUT2D eigenvalue weighted by molar-refractivity contribution is -0.112. The van der Waals surface area contributed by atoms with Gasteiger partial charge in [-0.15, -0.1) is 0 Å². The zero-order valence-electron chi connectivity index (χ0n) is 16.9. The molecule has 0 aromatic heterocycles. The first-order valence-electron chi connectivity index (χ1n) is 9.67. The van der Waals surface area contributed by atoms with Crippen molar-refractivity contribution >= 4 is 29.0 Å². The second-order valence-electron chi connectivity index (χ2n) is 6.96. The van der Waals surface area contributed by atoms with Crippen LogP contribution in [0.3, 0.4) is 0 Å². The maximum Gasteiger partial charge on any atom is 0.267 e. The molecule has 0 bridgehead atoms. The Morgan fingerprint density at radius 2 is 1.63 bits per heavy atom. The van der Waals surface area contributed by atoms with Crippen LogP contribution in [0.2, 0.25) is 0 Å². The normalized spacial score (nSPS) is 11.1. The minimum Gasteiger partial charge on any atom is -0.359 e. The topological polar surface area (TPSA) is 64.9 Å². The SMILES string of the molecule is CC(C)c1ccc(NC(=O)/C(C#N)=C\Nc2ccccc2Sc2ccccc2)cc1. The first-order chi connectivity index (χ1) is 14.6. The summed E-state index contributed by atoms with van der Waals surface area (Å²) in [5.41, 5.74) is 2.68. The number of benzene rings is 3. The highest BCUT2D eigenvalue weighted by Gasteiger charge is 2.10.